The molecule has 3 nitrogen and oxygen atoms in total. The van der Waals surface area contributed by atoms with E-state index in [1.54, 1.807) is 23.5 Å². The number of nitrogens with one attached hydrogen (secondary N) is 1. The Kier molecular flexibility index (Phi) is 5.54. The molecule has 3 rings (SSSR count). The fourth-order valence-electron chi connectivity index (χ4n) is 2.54. The third-order valence-corrected chi connectivity index (χ3v) is 5.96. The van der Waals surface area contributed by atoms with Crippen LogP contribution in [0.3, 0.4) is 0 Å². The molecule has 1 aromatic heterocycles. The number of hydrogen-bond acceptors (Lipinski definition) is 4. The number of rotatable bonds is 7. The summed E-state index contributed by atoms with van der Waals surface area (Å²) >= 11 is 3.71. The van der Waals surface area contributed by atoms with Crippen molar-refractivity contribution < 1.29 is 4.79 Å². The van der Waals surface area contributed by atoms with Crippen LogP contribution in [0.25, 0.3) is 11.1 Å². The molecular weight excluding hydrogens is 324 g/mol. The van der Waals surface area contributed by atoms with Gasteiger partial charge < -0.3 is 11.1 Å². The normalized spacial score (nSPS) is 16.8. The molecule has 2 heterocycles. The quantitative estimate of drug-likeness (QED) is 0.746. The van der Waals surface area contributed by atoms with Crippen LogP contribution in [0.5, 0.6) is 0 Å². The van der Waals surface area contributed by atoms with E-state index in [4.69, 9.17) is 5.73 Å². The molecule has 1 aliphatic heterocycles. The number of hydrogen-bond donors (Lipinski definition) is 2. The van der Waals surface area contributed by atoms with Crippen LogP contribution in [0.4, 0.5) is 0 Å². The van der Waals surface area contributed by atoms with Crippen LogP contribution < -0.4 is 11.1 Å². The molecule has 0 saturated carbocycles. The van der Waals surface area contributed by atoms with Crippen molar-refractivity contribution in [3.8, 4) is 11.1 Å². The van der Waals surface area contributed by atoms with Gasteiger partial charge in [0, 0.05) is 22.2 Å². The van der Waals surface area contributed by atoms with Crippen molar-refractivity contribution in [3.05, 3.63) is 57.6 Å². The summed E-state index contributed by atoms with van der Waals surface area (Å²) < 4.78 is 0. The Balaban J connectivity index is 1.50. The van der Waals surface area contributed by atoms with Gasteiger partial charge in [0.05, 0.1) is 0 Å². The summed E-state index contributed by atoms with van der Waals surface area (Å²) in [6.45, 7) is 1.97. The fraction of sp³-hybridized carbons (Fsp3) is 0.278. The fourth-order valence-corrected chi connectivity index (χ4v) is 4.33. The third kappa shape index (κ3) is 4.47. The predicted octanol–water partition coefficient (Wildman–Crippen LogP) is 4.01. The summed E-state index contributed by atoms with van der Waals surface area (Å²) in [6, 6.07) is 9.66. The van der Waals surface area contributed by atoms with Crippen LogP contribution in [0.15, 0.2) is 47.2 Å². The summed E-state index contributed by atoms with van der Waals surface area (Å²) in [5.41, 5.74) is 8.13. The molecule has 1 amide bonds. The standard InChI is InChI=1S/C18H20N2OS2/c19-18(21)14-5-3-13(4-6-14)15-10-17(23-12-15)11-20-8-7-16-2-1-9-22-16/h1,3-6,9-10,12,16,20H,2,7-8,11H2,(H2,19,21). The number of nitrogens with two attached hydrogens (primary N) is 1. The Hall–Kier alpha value is -1.56. The van der Waals surface area contributed by atoms with Gasteiger partial charge in [0.25, 0.3) is 0 Å². The molecule has 0 bridgehead atoms. The summed E-state index contributed by atoms with van der Waals surface area (Å²) in [6.07, 6.45) is 4.67. The first-order valence-electron chi connectivity index (χ1n) is 7.71. The minimum absolute atomic E-state index is 0.387. The second kappa shape index (κ2) is 7.81. The minimum Gasteiger partial charge on any atom is -0.366 e. The SMILES string of the molecule is NC(=O)c1ccc(-c2csc(CNCCC3CC=CS3)c2)cc1. The molecule has 23 heavy (non-hydrogen) atoms. The van der Waals surface area contributed by atoms with Gasteiger partial charge in [-0.25, -0.2) is 0 Å². The lowest BCUT2D eigenvalue weighted by atomic mass is 10.1. The van der Waals surface area contributed by atoms with Gasteiger partial charge in [0.2, 0.25) is 5.91 Å². The van der Waals surface area contributed by atoms with Gasteiger partial charge in [-0.15, -0.1) is 23.1 Å². The van der Waals surface area contributed by atoms with E-state index in [1.165, 1.54) is 23.3 Å². The maximum Gasteiger partial charge on any atom is 0.248 e. The molecule has 0 spiro atoms. The summed E-state index contributed by atoms with van der Waals surface area (Å²) in [5, 5.41) is 8.65. The molecule has 120 valence electrons. The van der Waals surface area contributed by atoms with Crippen LogP contribution in [0.2, 0.25) is 0 Å². The number of allylic oxidation sites excluding steroid dienone is 1. The van der Waals surface area contributed by atoms with Crippen molar-refractivity contribution in [1.82, 2.24) is 5.32 Å². The first-order chi connectivity index (χ1) is 11.2. The van der Waals surface area contributed by atoms with E-state index in [2.05, 4.69) is 28.2 Å². The molecule has 1 aliphatic rings. The Bertz CT molecular complexity index is 683. The van der Waals surface area contributed by atoms with Crippen molar-refractivity contribution >= 4 is 29.0 Å². The first kappa shape index (κ1) is 16.3. The molecule has 0 aliphatic carbocycles. The monoisotopic (exact) mass is 344 g/mol. The number of thioether (sulfide) groups is 1. The highest BCUT2D eigenvalue weighted by atomic mass is 32.2. The van der Waals surface area contributed by atoms with Crippen molar-refractivity contribution in [2.24, 2.45) is 5.73 Å². The zero-order valence-electron chi connectivity index (χ0n) is 12.8. The Labute approximate surface area is 145 Å². The largest absolute Gasteiger partial charge is 0.366 e. The van der Waals surface area contributed by atoms with Gasteiger partial charge in [-0.1, -0.05) is 18.2 Å². The first-order valence-corrected chi connectivity index (χ1v) is 9.53. The van der Waals surface area contributed by atoms with Crippen LogP contribution in [-0.2, 0) is 6.54 Å². The number of thiophene rings is 1. The van der Waals surface area contributed by atoms with Gasteiger partial charge in [0.1, 0.15) is 0 Å². The third-order valence-electron chi connectivity index (χ3n) is 3.87. The van der Waals surface area contributed by atoms with Crippen molar-refractivity contribution in [2.75, 3.05) is 6.54 Å². The van der Waals surface area contributed by atoms with Crippen LogP contribution >= 0.6 is 23.1 Å². The highest BCUT2D eigenvalue weighted by Crippen LogP contribution is 2.27. The Morgan fingerprint density at radius 3 is 2.78 bits per heavy atom. The minimum atomic E-state index is -0.387. The molecular formula is C18H20N2OS2. The second-order valence-electron chi connectivity index (χ2n) is 5.57. The van der Waals surface area contributed by atoms with Gasteiger partial charge in [0.15, 0.2) is 0 Å². The highest BCUT2D eigenvalue weighted by Gasteiger charge is 2.10. The van der Waals surface area contributed by atoms with Gasteiger partial charge >= 0.3 is 0 Å². The van der Waals surface area contributed by atoms with E-state index in [0.29, 0.717) is 5.56 Å². The number of carbonyl (C=O) groups excluding carboxylic acids is 1. The molecule has 0 fully saturated rings. The lowest BCUT2D eigenvalue weighted by Crippen LogP contribution is -2.17. The average Bonchev–Trinajstić information content (AvgIpc) is 3.23. The zero-order valence-corrected chi connectivity index (χ0v) is 14.5. The number of benzene rings is 1. The van der Waals surface area contributed by atoms with E-state index < -0.39 is 0 Å². The topological polar surface area (TPSA) is 55.1 Å². The maximum atomic E-state index is 11.1. The summed E-state index contributed by atoms with van der Waals surface area (Å²) in [7, 11) is 0. The van der Waals surface area contributed by atoms with Gasteiger partial charge in [-0.05, 0) is 59.5 Å². The molecule has 2 aromatic rings. The number of amides is 1. The van der Waals surface area contributed by atoms with Crippen LogP contribution in [0, 0.1) is 0 Å². The van der Waals surface area contributed by atoms with Crippen molar-refractivity contribution in [1.29, 1.82) is 0 Å². The number of carbonyl (C=O) groups is 1. The highest BCUT2D eigenvalue weighted by molar-refractivity contribution is 8.03. The molecule has 0 radical (unpaired) electrons. The molecule has 3 N–H and O–H groups in total. The molecule has 5 heteroatoms. The predicted molar refractivity (Wildman–Crippen MR) is 99.7 cm³/mol. The molecule has 0 saturated heterocycles. The smallest absolute Gasteiger partial charge is 0.248 e. The summed E-state index contributed by atoms with van der Waals surface area (Å²) in [4.78, 5) is 12.4. The molecule has 1 aromatic carbocycles. The Morgan fingerprint density at radius 1 is 1.26 bits per heavy atom. The number of primary amides is 1. The van der Waals surface area contributed by atoms with E-state index in [0.717, 1.165) is 23.9 Å². The lowest BCUT2D eigenvalue weighted by Gasteiger charge is -2.08. The Morgan fingerprint density at radius 2 is 2.09 bits per heavy atom. The van der Waals surface area contributed by atoms with Crippen LogP contribution in [0.1, 0.15) is 28.1 Å². The lowest BCUT2D eigenvalue weighted by molar-refractivity contribution is 0.100. The van der Waals surface area contributed by atoms with E-state index in [9.17, 15) is 4.79 Å². The molecule has 1 atom stereocenters. The average molecular weight is 345 g/mol. The van der Waals surface area contributed by atoms with Gasteiger partial charge in [-0.3, -0.25) is 4.79 Å². The van der Waals surface area contributed by atoms with E-state index in [-0.39, 0.29) is 5.91 Å². The van der Waals surface area contributed by atoms with Crippen molar-refractivity contribution in [2.45, 2.75) is 24.6 Å². The molecule has 1 unspecified atom stereocenters. The van der Waals surface area contributed by atoms with Gasteiger partial charge in [-0.2, -0.15) is 0 Å². The zero-order chi connectivity index (χ0) is 16.1. The van der Waals surface area contributed by atoms with E-state index in [1.807, 2.05) is 23.9 Å². The van der Waals surface area contributed by atoms with Crippen molar-refractivity contribution in [3.63, 3.8) is 0 Å². The maximum absolute atomic E-state index is 11.1. The van der Waals surface area contributed by atoms with Crippen LogP contribution in [-0.4, -0.2) is 17.7 Å². The second-order valence-corrected chi connectivity index (χ2v) is 7.78. The van der Waals surface area contributed by atoms with E-state index >= 15 is 0 Å². The summed E-state index contributed by atoms with van der Waals surface area (Å²) in [5.74, 6) is -0.387.